The SMILES string of the molecule is CCCCCCCCCCCCCCCCC(O)C(=O)OCC(COC(=O)C(O)CCCCCCCCCCCCCCCC)(COC(=O)C(O)CCCCCCCCCCCCCCCC)COC(=O)C(O)CCCCCCCCCCCCCCCC. The molecule has 0 radical (unpaired) electrons. The number of rotatable bonds is 72. The number of aliphatic hydroxyl groups excluding tert-OH is 4. The normalized spacial score (nSPS) is 13.7. The Kier molecular flexibility index (Phi) is 65.4. The first kappa shape index (κ1) is 86.7. The van der Waals surface area contributed by atoms with Crippen molar-refractivity contribution >= 4 is 23.9 Å². The number of esters is 4. The van der Waals surface area contributed by atoms with Crippen LogP contribution < -0.4 is 0 Å². The average Bonchev–Trinajstić information content (AvgIpc) is 3.32. The minimum atomic E-state index is -1.70. The number of hydrogen-bond acceptors (Lipinski definition) is 12. The standard InChI is InChI=1S/C77H148O12/c1-5-9-13-17-21-25-29-33-37-41-45-49-53-57-61-69(78)73(82)86-65-77(66-87-74(83)70(79)62-58-54-50-46-42-38-34-30-26-22-18-14-10-6-2,67-88-75(84)71(80)63-59-55-51-47-43-39-35-31-27-23-19-15-11-7-3)68-89-76(85)72(81)64-60-56-52-48-44-40-36-32-28-24-20-16-12-8-4/h69-72,78-81H,5-68H2,1-4H3. The summed E-state index contributed by atoms with van der Waals surface area (Å²) in [4.78, 5) is 54.1. The average molecular weight is 1270 g/mol. The molecule has 0 heterocycles. The molecule has 4 unspecified atom stereocenters. The summed E-state index contributed by atoms with van der Waals surface area (Å²) in [6.07, 6.45) is 60.9. The molecule has 89 heavy (non-hydrogen) atoms. The lowest BCUT2D eigenvalue weighted by Crippen LogP contribution is -2.46. The minimum absolute atomic E-state index is 0.186. The summed E-state index contributed by atoms with van der Waals surface area (Å²) in [5.74, 6) is -3.66. The van der Waals surface area contributed by atoms with E-state index in [1.807, 2.05) is 0 Å². The first-order valence-corrected chi connectivity index (χ1v) is 38.9. The van der Waals surface area contributed by atoms with Crippen molar-refractivity contribution in [3.63, 3.8) is 0 Å². The van der Waals surface area contributed by atoms with Crippen LogP contribution in [0.1, 0.15) is 413 Å². The predicted octanol–water partition coefficient (Wildman–Crippen LogP) is 21.1. The van der Waals surface area contributed by atoms with Gasteiger partial charge < -0.3 is 39.4 Å². The lowest BCUT2D eigenvalue weighted by atomic mass is 9.91. The van der Waals surface area contributed by atoms with Gasteiger partial charge >= 0.3 is 23.9 Å². The monoisotopic (exact) mass is 1270 g/mol. The number of ether oxygens (including phenoxy) is 4. The van der Waals surface area contributed by atoms with Gasteiger partial charge in [0.05, 0.1) is 0 Å². The Bertz CT molecular complexity index is 1300. The zero-order valence-electron chi connectivity index (χ0n) is 59.1. The molecule has 0 aliphatic carbocycles. The van der Waals surface area contributed by atoms with Crippen molar-refractivity contribution < 1.29 is 58.6 Å². The molecule has 0 saturated carbocycles. The number of aliphatic hydroxyl groups is 4. The maximum Gasteiger partial charge on any atom is 0.334 e. The number of unbranched alkanes of at least 4 members (excludes halogenated alkanes) is 52. The third kappa shape index (κ3) is 58.1. The molecule has 0 aromatic rings. The van der Waals surface area contributed by atoms with E-state index in [0.29, 0.717) is 25.7 Å². The maximum absolute atomic E-state index is 13.5. The molecule has 0 aromatic heterocycles. The minimum Gasteiger partial charge on any atom is -0.463 e. The van der Waals surface area contributed by atoms with E-state index in [2.05, 4.69) is 27.7 Å². The Balaban J connectivity index is 5.79. The lowest BCUT2D eigenvalue weighted by Gasteiger charge is -2.32. The predicted molar refractivity (Wildman–Crippen MR) is 370 cm³/mol. The van der Waals surface area contributed by atoms with Crippen molar-refractivity contribution in [2.75, 3.05) is 26.4 Å². The molecule has 12 heteroatoms. The van der Waals surface area contributed by atoms with Crippen LogP contribution in [-0.4, -0.2) is 95.1 Å². The lowest BCUT2D eigenvalue weighted by molar-refractivity contribution is -0.181. The fraction of sp³-hybridized carbons (Fsp3) is 0.948. The van der Waals surface area contributed by atoms with Crippen molar-refractivity contribution in [2.24, 2.45) is 5.41 Å². The first-order chi connectivity index (χ1) is 43.5. The fourth-order valence-corrected chi connectivity index (χ4v) is 12.1. The molecular weight excluding hydrogens is 1120 g/mol. The van der Waals surface area contributed by atoms with Crippen LogP contribution in [0.25, 0.3) is 0 Å². The van der Waals surface area contributed by atoms with Gasteiger partial charge in [0.25, 0.3) is 0 Å². The van der Waals surface area contributed by atoms with Gasteiger partial charge in [-0.2, -0.15) is 0 Å². The van der Waals surface area contributed by atoms with Crippen molar-refractivity contribution in [3.05, 3.63) is 0 Å². The van der Waals surface area contributed by atoms with E-state index < -0.39 is 80.1 Å². The smallest absolute Gasteiger partial charge is 0.334 e. The van der Waals surface area contributed by atoms with Gasteiger partial charge in [-0.25, -0.2) is 19.2 Å². The highest BCUT2D eigenvalue weighted by molar-refractivity contribution is 5.76. The second kappa shape index (κ2) is 67.2. The molecule has 0 aliphatic heterocycles. The summed E-state index contributed by atoms with van der Waals surface area (Å²) >= 11 is 0. The van der Waals surface area contributed by atoms with Crippen LogP contribution in [0.2, 0.25) is 0 Å². The van der Waals surface area contributed by atoms with E-state index in [4.69, 9.17) is 18.9 Å². The van der Waals surface area contributed by atoms with E-state index in [1.54, 1.807) is 0 Å². The molecule has 0 bridgehead atoms. The molecule has 12 nitrogen and oxygen atoms in total. The van der Waals surface area contributed by atoms with Crippen LogP contribution in [-0.2, 0) is 38.1 Å². The molecule has 0 aliphatic rings. The molecule has 4 N–H and O–H groups in total. The van der Waals surface area contributed by atoms with Crippen LogP contribution in [0.3, 0.4) is 0 Å². The number of carbonyl (C=O) groups is 4. The van der Waals surface area contributed by atoms with Gasteiger partial charge in [-0.15, -0.1) is 0 Å². The molecule has 0 aromatic carbocycles. The molecule has 0 fully saturated rings. The summed E-state index contributed by atoms with van der Waals surface area (Å²) in [6, 6.07) is 0. The molecule has 0 saturated heterocycles. The molecular formula is C77H148O12. The molecule has 0 spiro atoms. The third-order valence-electron chi connectivity index (χ3n) is 18.5. The zero-order chi connectivity index (χ0) is 65.2. The van der Waals surface area contributed by atoms with Crippen LogP contribution in [0, 0.1) is 5.41 Å². The van der Waals surface area contributed by atoms with Gasteiger partial charge in [0, 0.05) is 0 Å². The van der Waals surface area contributed by atoms with Crippen molar-refractivity contribution in [1.29, 1.82) is 0 Å². The van der Waals surface area contributed by atoms with E-state index in [0.717, 1.165) is 77.0 Å². The largest absolute Gasteiger partial charge is 0.463 e. The quantitative estimate of drug-likeness (QED) is 0.0257. The van der Waals surface area contributed by atoms with Crippen LogP contribution in [0.4, 0.5) is 0 Å². The Hall–Kier alpha value is -2.28. The Morgan fingerprint density at radius 1 is 0.213 bits per heavy atom. The van der Waals surface area contributed by atoms with Gasteiger partial charge in [0.2, 0.25) is 0 Å². The Morgan fingerprint density at radius 2 is 0.326 bits per heavy atom. The van der Waals surface area contributed by atoms with Crippen molar-refractivity contribution in [3.8, 4) is 0 Å². The summed E-state index contributed by atoms with van der Waals surface area (Å²) in [6.45, 7) is 6.64. The highest BCUT2D eigenvalue weighted by atomic mass is 16.6. The van der Waals surface area contributed by atoms with Crippen LogP contribution >= 0.6 is 0 Å². The Morgan fingerprint density at radius 3 is 0.449 bits per heavy atom. The highest BCUT2D eigenvalue weighted by Gasteiger charge is 2.40. The maximum atomic E-state index is 13.5. The van der Waals surface area contributed by atoms with E-state index in [-0.39, 0.29) is 25.7 Å². The van der Waals surface area contributed by atoms with Crippen molar-refractivity contribution in [2.45, 2.75) is 437 Å². The summed E-state index contributed by atoms with van der Waals surface area (Å²) in [7, 11) is 0. The summed E-state index contributed by atoms with van der Waals surface area (Å²) < 4.78 is 22.9. The van der Waals surface area contributed by atoms with E-state index in [9.17, 15) is 39.6 Å². The van der Waals surface area contributed by atoms with Crippen LogP contribution in [0.5, 0.6) is 0 Å². The molecule has 528 valence electrons. The van der Waals surface area contributed by atoms with E-state index in [1.165, 1.54) is 257 Å². The zero-order valence-corrected chi connectivity index (χ0v) is 59.1. The second-order valence-electron chi connectivity index (χ2n) is 27.5. The number of hydrogen-bond donors (Lipinski definition) is 4. The topological polar surface area (TPSA) is 186 Å². The molecule has 0 amide bonds. The second-order valence-corrected chi connectivity index (χ2v) is 27.5. The van der Waals surface area contributed by atoms with Gasteiger partial charge in [-0.05, 0) is 25.7 Å². The van der Waals surface area contributed by atoms with Gasteiger partial charge in [-0.3, -0.25) is 0 Å². The Labute approximate surface area is 549 Å². The molecule has 0 rings (SSSR count). The summed E-state index contributed by atoms with van der Waals surface area (Å²) in [5.41, 5.74) is -1.70. The fourth-order valence-electron chi connectivity index (χ4n) is 12.1. The molecule has 4 atom stereocenters. The third-order valence-corrected chi connectivity index (χ3v) is 18.5. The van der Waals surface area contributed by atoms with Gasteiger partial charge in [-0.1, -0.05) is 387 Å². The first-order valence-electron chi connectivity index (χ1n) is 38.9. The van der Waals surface area contributed by atoms with Gasteiger partial charge in [0.15, 0.2) is 24.4 Å². The van der Waals surface area contributed by atoms with Crippen LogP contribution in [0.15, 0.2) is 0 Å². The number of carbonyl (C=O) groups excluding carboxylic acids is 4. The summed E-state index contributed by atoms with van der Waals surface area (Å²) in [5, 5.41) is 44.1. The van der Waals surface area contributed by atoms with Crippen molar-refractivity contribution in [1.82, 2.24) is 0 Å². The van der Waals surface area contributed by atoms with E-state index >= 15 is 0 Å². The van der Waals surface area contributed by atoms with Gasteiger partial charge in [0.1, 0.15) is 31.8 Å². The highest BCUT2D eigenvalue weighted by Crippen LogP contribution is 2.26.